The maximum Gasteiger partial charge on any atom is 0.267 e. The summed E-state index contributed by atoms with van der Waals surface area (Å²) < 4.78 is 15.2. The summed E-state index contributed by atoms with van der Waals surface area (Å²) in [5.41, 5.74) is 3.58. The van der Waals surface area contributed by atoms with Crippen LogP contribution in [0.1, 0.15) is 23.1 Å². The van der Waals surface area contributed by atoms with Gasteiger partial charge in [-0.3, -0.25) is 18.9 Å². The average Bonchev–Trinajstić information content (AvgIpc) is 3.18. The van der Waals surface area contributed by atoms with Crippen molar-refractivity contribution in [3.05, 3.63) is 111 Å². The Hall–Kier alpha value is -3.82. The predicted molar refractivity (Wildman–Crippen MR) is 148 cm³/mol. The second-order valence-corrected chi connectivity index (χ2v) is 10.5. The molecule has 2 aromatic heterocycles. The topological polar surface area (TPSA) is 57.9 Å². The Morgan fingerprint density at radius 1 is 1.03 bits per heavy atom. The number of thiocarbonyl (C=S) groups is 1. The van der Waals surface area contributed by atoms with Crippen LogP contribution in [0, 0.1) is 5.82 Å². The Bertz CT molecular complexity index is 1650. The van der Waals surface area contributed by atoms with Crippen LogP contribution in [0.4, 0.5) is 15.9 Å². The van der Waals surface area contributed by atoms with Crippen molar-refractivity contribution >= 4 is 57.4 Å². The molecule has 6 rings (SSSR count). The molecule has 2 aliphatic rings. The molecule has 1 fully saturated rings. The highest BCUT2D eigenvalue weighted by atomic mass is 32.2. The molecule has 184 valence electrons. The van der Waals surface area contributed by atoms with Crippen LogP contribution in [0.5, 0.6) is 0 Å². The number of benzene rings is 2. The van der Waals surface area contributed by atoms with Crippen molar-refractivity contribution in [1.29, 1.82) is 0 Å². The molecule has 0 bridgehead atoms. The van der Waals surface area contributed by atoms with Gasteiger partial charge >= 0.3 is 0 Å². The van der Waals surface area contributed by atoms with Gasteiger partial charge in [0.15, 0.2) is 0 Å². The fraction of sp³-hybridized carbons (Fsp3) is 0.143. The van der Waals surface area contributed by atoms with Crippen LogP contribution in [0.2, 0.25) is 0 Å². The fourth-order valence-corrected chi connectivity index (χ4v) is 5.95. The number of amides is 1. The molecular weight excluding hydrogens is 507 g/mol. The first-order chi connectivity index (χ1) is 18.0. The molecule has 0 N–H and O–H groups in total. The van der Waals surface area contributed by atoms with Crippen molar-refractivity contribution < 1.29 is 9.18 Å². The molecule has 9 heteroatoms. The summed E-state index contributed by atoms with van der Waals surface area (Å²) in [5.74, 6) is -0.112. The zero-order valence-corrected chi connectivity index (χ0v) is 21.3. The van der Waals surface area contributed by atoms with Crippen molar-refractivity contribution in [2.24, 2.45) is 0 Å². The van der Waals surface area contributed by atoms with Crippen LogP contribution in [0.25, 0.3) is 11.7 Å². The van der Waals surface area contributed by atoms with Gasteiger partial charge < -0.3 is 4.90 Å². The van der Waals surface area contributed by atoms with Crippen LogP contribution in [0.15, 0.2) is 82.6 Å². The molecule has 4 aromatic rings. The number of carbonyl (C=O) groups is 1. The van der Waals surface area contributed by atoms with Gasteiger partial charge in [-0.2, -0.15) is 0 Å². The van der Waals surface area contributed by atoms with Crippen molar-refractivity contribution in [3.63, 3.8) is 0 Å². The molecule has 2 aromatic carbocycles. The zero-order chi connectivity index (χ0) is 25.5. The van der Waals surface area contributed by atoms with Gasteiger partial charge in [-0.25, -0.2) is 9.37 Å². The third-order valence-corrected chi connectivity index (χ3v) is 7.90. The lowest BCUT2D eigenvalue weighted by Gasteiger charge is -2.31. The van der Waals surface area contributed by atoms with Gasteiger partial charge in [-0.15, -0.1) is 0 Å². The number of fused-ring (bicyclic) bond motifs is 2. The van der Waals surface area contributed by atoms with E-state index in [0.717, 1.165) is 35.9 Å². The number of hydrogen-bond donors (Lipinski definition) is 0. The minimum atomic E-state index is -0.342. The molecule has 0 unspecified atom stereocenters. The summed E-state index contributed by atoms with van der Waals surface area (Å²) >= 11 is 6.65. The molecule has 0 saturated carbocycles. The first-order valence-electron chi connectivity index (χ1n) is 11.9. The third-order valence-electron chi connectivity index (χ3n) is 6.52. The Kier molecular flexibility index (Phi) is 6.10. The van der Waals surface area contributed by atoms with Crippen LogP contribution >= 0.6 is 24.0 Å². The third kappa shape index (κ3) is 4.34. The highest BCUT2D eigenvalue weighted by molar-refractivity contribution is 8.26. The fourth-order valence-electron chi connectivity index (χ4n) is 4.72. The predicted octanol–water partition coefficient (Wildman–Crippen LogP) is 5.32. The summed E-state index contributed by atoms with van der Waals surface area (Å²) in [5, 5.41) is 0. The summed E-state index contributed by atoms with van der Waals surface area (Å²) in [6, 6.07) is 19.5. The smallest absolute Gasteiger partial charge is 0.267 e. The van der Waals surface area contributed by atoms with E-state index in [0.29, 0.717) is 32.8 Å². The van der Waals surface area contributed by atoms with E-state index < -0.39 is 0 Å². The Morgan fingerprint density at radius 3 is 2.65 bits per heavy atom. The molecule has 0 radical (unpaired) electrons. The van der Waals surface area contributed by atoms with Gasteiger partial charge in [-0.1, -0.05) is 60.4 Å². The van der Waals surface area contributed by atoms with E-state index in [-0.39, 0.29) is 23.8 Å². The highest BCUT2D eigenvalue weighted by Gasteiger charge is 2.33. The van der Waals surface area contributed by atoms with E-state index in [2.05, 4.69) is 11.0 Å². The monoisotopic (exact) mass is 528 g/mol. The molecule has 0 atom stereocenters. The van der Waals surface area contributed by atoms with Crippen LogP contribution in [-0.2, 0) is 17.8 Å². The van der Waals surface area contributed by atoms with Gasteiger partial charge in [0.1, 0.15) is 21.6 Å². The van der Waals surface area contributed by atoms with E-state index in [1.54, 1.807) is 36.5 Å². The van der Waals surface area contributed by atoms with Crippen molar-refractivity contribution in [3.8, 4) is 0 Å². The summed E-state index contributed by atoms with van der Waals surface area (Å²) in [6.45, 7) is 0.933. The summed E-state index contributed by atoms with van der Waals surface area (Å²) in [4.78, 5) is 35.9. The number of para-hydroxylation sites is 1. The molecular formula is C28H21FN4O2S2. The Balaban J connectivity index is 1.45. The highest BCUT2D eigenvalue weighted by Crippen LogP contribution is 2.37. The van der Waals surface area contributed by atoms with Gasteiger partial charge in [0.25, 0.3) is 11.5 Å². The standard InChI is InChI=1S/C28H21FN4O2S2/c29-20-12-10-18(11-13-20)17-33-27(35)23(37-28(33)36)16-21-25(30-24-9-3-4-14-32(24)26(21)34)31-15-5-7-19-6-1-2-8-22(19)31/h1-4,6,8-14,16H,5,7,15,17H2/b23-16+. The maximum atomic E-state index is 13.7. The van der Waals surface area contributed by atoms with E-state index in [1.165, 1.54) is 27.0 Å². The number of thioether (sulfide) groups is 1. The summed E-state index contributed by atoms with van der Waals surface area (Å²) in [7, 11) is 0. The van der Waals surface area contributed by atoms with Gasteiger partial charge in [0.2, 0.25) is 0 Å². The molecule has 0 aliphatic carbocycles. The minimum Gasteiger partial charge on any atom is -0.325 e. The van der Waals surface area contributed by atoms with Gasteiger partial charge in [0.05, 0.1) is 17.0 Å². The number of rotatable bonds is 4. The number of pyridine rings is 1. The van der Waals surface area contributed by atoms with Gasteiger partial charge in [-0.05, 0) is 60.4 Å². The maximum absolute atomic E-state index is 13.7. The molecule has 0 spiro atoms. The Morgan fingerprint density at radius 2 is 1.81 bits per heavy atom. The van der Waals surface area contributed by atoms with E-state index in [9.17, 15) is 14.0 Å². The van der Waals surface area contributed by atoms with Crippen LogP contribution in [0.3, 0.4) is 0 Å². The number of carbonyl (C=O) groups excluding carboxylic acids is 1. The number of hydrogen-bond acceptors (Lipinski definition) is 6. The molecule has 1 amide bonds. The summed E-state index contributed by atoms with van der Waals surface area (Å²) in [6.07, 6.45) is 5.17. The molecule has 37 heavy (non-hydrogen) atoms. The normalized spacial score (nSPS) is 16.6. The lowest BCUT2D eigenvalue weighted by molar-refractivity contribution is -0.122. The van der Waals surface area contributed by atoms with Crippen molar-refractivity contribution in [1.82, 2.24) is 14.3 Å². The number of aryl methyl sites for hydroxylation is 1. The first kappa shape index (κ1) is 23.6. The van der Waals surface area contributed by atoms with Crippen molar-refractivity contribution in [2.75, 3.05) is 11.4 Å². The van der Waals surface area contributed by atoms with Crippen LogP contribution < -0.4 is 10.5 Å². The SMILES string of the molecule is O=C1/C(=C\c2c(N3CCCc4ccccc43)nc3ccccn3c2=O)SC(=S)N1Cc1ccc(F)cc1. The minimum absolute atomic E-state index is 0.226. The van der Waals surface area contributed by atoms with Gasteiger partial charge in [0, 0.05) is 18.4 Å². The number of aromatic nitrogens is 2. The van der Waals surface area contributed by atoms with Crippen LogP contribution in [-0.4, -0.2) is 31.1 Å². The molecule has 2 aliphatic heterocycles. The van der Waals surface area contributed by atoms with E-state index in [4.69, 9.17) is 17.2 Å². The second-order valence-electron chi connectivity index (χ2n) is 8.86. The molecule has 6 nitrogen and oxygen atoms in total. The number of anilines is 2. The largest absolute Gasteiger partial charge is 0.325 e. The average molecular weight is 529 g/mol. The molecule has 4 heterocycles. The zero-order valence-electron chi connectivity index (χ0n) is 19.6. The second kappa shape index (κ2) is 9.57. The van der Waals surface area contributed by atoms with E-state index >= 15 is 0 Å². The Labute approximate surface area is 222 Å². The van der Waals surface area contributed by atoms with Crippen molar-refractivity contribution in [2.45, 2.75) is 19.4 Å². The number of nitrogens with zero attached hydrogens (tertiary/aromatic N) is 4. The number of halogens is 1. The molecule has 1 saturated heterocycles. The lowest BCUT2D eigenvalue weighted by Crippen LogP contribution is -2.30. The van der Waals surface area contributed by atoms with E-state index in [1.807, 2.05) is 24.3 Å². The quantitative estimate of drug-likeness (QED) is 0.264. The lowest BCUT2D eigenvalue weighted by atomic mass is 10.0. The first-order valence-corrected chi connectivity index (χ1v) is 13.1.